The van der Waals surface area contributed by atoms with Crippen LogP contribution in [0.2, 0.25) is 0 Å². The Bertz CT molecular complexity index is 1810. The molecular formula is C37H50ClF2N7O11. The van der Waals surface area contributed by atoms with Crippen LogP contribution in [0.25, 0.3) is 0 Å². The van der Waals surface area contributed by atoms with E-state index in [1.165, 1.54) is 56.1 Å². The number of piperidine rings is 1. The number of carbonyl (C=O) groups is 5. The van der Waals surface area contributed by atoms with Crippen molar-refractivity contribution in [3.8, 4) is 0 Å². The van der Waals surface area contributed by atoms with E-state index >= 15 is 0 Å². The fourth-order valence-corrected chi connectivity index (χ4v) is 6.68. The van der Waals surface area contributed by atoms with Crippen LogP contribution in [0.5, 0.6) is 0 Å². The molecule has 0 radical (unpaired) electrons. The Hall–Kier alpha value is -5.15. The van der Waals surface area contributed by atoms with E-state index in [2.05, 4.69) is 26.5 Å². The van der Waals surface area contributed by atoms with Gasteiger partial charge < -0.3 is 44.9 Å². The minimum atomic E-state index is -1.12. The molecule has 2 aromatic rings. The van der Waals surface area contributed by atoms with Crippen molar-refractivity contribution in [2.75, 3.05) is 68.2 Å². The number of β-amino-alcohol motifs (C(OH)–C–C–N with tert-alkyl or cyclic N) is 1. The normalized spacial score (nSPS) is 23.4. The van der Waals surface area contributed by atoms with Gasteiger partial charge >= 0.3 is 12.2 Å². The molecule has 4 fully saturated rings. The quantitative estimate of drug-likeness (QED) is 0.228. The zero-order valence-electron chi connectivity index (χ0n) is 32.5. The standard InChI is InChI=1S/C19H24FN3O5.C17H20FN3O5.CH5NO.ClH/c1-11(24)21-9-14-10-23(19(26)28-14)13-4-5-15(16(20)8-13)12-3-6-17(22-27-2)18(25)7-12;1-10(22)19-7-12-8-21(17(25)26-12)11-2-3-14(13(18)6-11)20-5-4-15(23)16(24)9-20;1-3-2;/h4-5,8,12,14,18,25H,3,6-7,9-10H2,1-2H3,(H,21,24);2-3,6,12,16,24H,4-5,7-9H2,1H3,(H,19,22);2H2,1H3;1H/b22-17-;;;/t12?,14-,18-;12-,16-;;/m00../s1. The highest BCUT2D eigenvalue weighted by Gasteiger charge is 2.35. The van der Waals surface area contributed by atoms with Crippen molar-refractivity contribution in [2.24, 2.45) is 11.1 Å². The molecule has 6 rings (SSSR count). The van der Waals surface area contributed by atoms with Crippen molar-refractivity contribution < 1.29 is 62.1 Å². The Kier molecular flexibility index (Phi) is 18.0. The van der Waals surface area contributed by atoms with Crippen LogP contribution in [0.15, 0.2) is 41.6 Å². The van der Waals surface area contributed by atoms with E-state index in [1.807, 2.05) is 0 Å². The number of nitrogens with one attached hydrogen (secondary N) is 2. The van der Waals surface area contributed by atoms with Gasteiger partial charge in [-0.05, 0) is 61.1 Å². The summed E-state index contributed by atoms with van der Waals surface area (Å²) in [6.07, 6.45) is -2.34. The molecule has 1 aliphatic carbocycles. The van der Waals surface area contributed by atoms with Gasteiger partial charge in [0.1, 0.15) is 37.1 Å². The maximum absolute atomic E-state index is 14.8. The van der Waals surface area contributed by atoms with Gasteiger partial charge in [0, 0.05) is 26.8 Å². The minimum Gasteiger partial charge on any atom is -0.442 e. The summed E-state index contributed by atoms with van der Waals surface area (Å²) < 4.78 is 39.7. The van der Waals surface area contributed by atoms with Gasteiger partial charge in [0.15, 0.2) is 5.78 Å². The summed E-state index contributed by atoms with van der Waals surface area (Å²) in [5, 5.41) is 28.8. The summed E-state index contributed by atoms with van der Waals surface area (Å²) in [7, 11) is 2.83. The molecular weight excluding hydrogens is 792 g/mol. The molecule has 1 saturated carbocycles. The topological polar surface area (TPSA) is 235 Å². The van der Waals surface area contributed by atoms with Gasteiger partial charge in [0.25, 0.3) is 0 Å². The molecule has 320 valence electrons. The van der Waals surface area contributed by atoms with Crippen LogP contribution in [0.4, 0.5) is 35.4 Å². The summed E-state index contributed by atoms with van der Waals surface area (Å²) in [5.74, 6) is 2.54. The van der Waals surface area contributed by atoms with Gasteiger partial charge in [-0.3, -0.25) is 24.2 Å². The number of nitrogens with two attached hydrogens (primary N) is 1. The molecule has 4 amide bonds. The first-order valence-corrected chi connectivity index (χ1v) is 18.2. The Balaban J connectivity index is 0.000000287. The zero-order chi connectivity index (χ0) is 41.8. The molecule has 0 aromatic heterocycles. The number of amides is 4. The van der Waals surface area contributed by atoms with Crippen molar-refractivity contribution in [1.29, 1.82) is 0 Å². The first kappa shape index (κ1) is 47.2. The number of rotatable bonds is 9. The second kappa shape index (κ2) is 22.1. The first-order valence-electron chi connectivity index (χ1n) is 18.2. The molecule has 3 heterocycles. The summed E-state index contributed by atoms with van der Waals surface area (Å²) in [6.45, 7) is 3.96. The number of hydrogen-bond acceptors (Lipinski definition) is 14. The van der Waals surface area contributed by atoms with Gasteiger partial charge in [-0.1, -0.05) is 11.2 Å². The lowest BCUT2D eigenvalue weighted by Gasteiger charge is -2.31. The third-order valence-electron chi connectivity index (χ3n) is 9.47. The zero-order valence-corrected chi connectivity index (χ0v) is 33.3. The number of aliphatic hydroxyl groups is 2. The van der Waals surface area contributed by atoms with E-state index in [0.29, 0.717) is 48.5 Å². The van der Waals surface area contributed by atoms with E-state index in [4.69, 9.17) is 14.3 Å². The number of oxime groups is 1. The number of anilines is 3. The average molecular weight is 842 g/mol. The smallest absolute Gasteiger partial charge is 0.414 e. The van der Waals surface area contributed by atoms with Gasteiger partial charge in [-0.25, -0.2) is 24.3 Å². The number of hydrogen-bond donors (Lipinski definition) is 5. The fourth-order valence-electron chi connectivity index (χ4n) is 6.68. The van der Waals surface area contributed by atoms with Gasteiger partial charge in [-0.15, -0.1) is 12.4 Å². The van der Waals surface area contributed by atoms with Crippen molar-refractivity contribution in [3.05, 3.63) is 53.6 Å². The second-order valence-electron chi connectivity index (χ2n) is 13.6. The monoisotopic (exact) mass is 841 g/mol. The number of halogens is 3. The van der Waals surface area contributed by atoms with Crippen LogP contribution in [0, 0.1) is 11.6 Å². The van der Waals surface area contributed by atoms with Crippen LogP contribution in [0.1, 0.15) is 51.0 Å². The van der Waals surface area contributed by atoms with E-state index in [1.54, 1.807) is 23.1 Å². The predicted octanol–water partition coefficient (Wildman–Crippen LogP) is 2.27. The Morgan fingerprint density at radius 3 is 1.86 bits per heavy atom. The molecule has 58 heavy (non-hydrogen) atoms. The van der Waals surface area contributed by atoms with Crippen LogP contribution in [-0.4, -0.2) is 124 Å². The highest BCUT2D eigenvalue weighted by atomic mass is 35.5. The van der Waals surface area contributed by atoms with Crippen molar-refractivity contribution in [3.63, 3.8) is 0 Å². The Morgan fingerprint density at radius 1 is 0.862 bits per heavy atom. The highest BCUT2D eigenvalue weighted by molar-refractivity contribution is 5.91. The third-order valence-corrected chi connectivity index (χ3v) is 9.47. The third kappa shape index (κ3) is 12.7. The van der Waals surface area contributed by atoms with E-state index < -0.39 is 48.2 Å². The molecule has 21 heteroatoms. The van der Waals surface area contributed by atoms with Gasteiger partial charge in [0.05, 0.1) is 68.7 Å². The molecule has 2 aromatic carbocycles. The van der Waals surface area contributed by atoms with Crippen molar-refractivity contribution >= 4 is 65.0 Å². The molecule has 3 saturated heterocycles. The molecule has 5 atom stereocenters. The molecule has 0 bridgehead atoms. The molecule has 6 N–H and O–H groups in total. The minimum absolute atomic E-state index is 0. The maximum atomic E-state index is 14.8. The van der Waals surface area contributed by atoms with Gasteiger partial charge in [-0.2, -0.15) is 0 Å². The van der Waals surface area contributed by atoms with E-state index in [9.17, 15) is 43.0 Å². The van der Waals surface area contributed by atoms with Crippen LogP contribution < -0.4 is 31.2 Å². The molecule has 3 aliphatic heterocycles. The fraction of sp³-hybridized carbons (Fsp3) is 0.514. The number of ether oxygens (including phenoxy) is 2. The highest BCUT2D eigenvalue weighted by Crippen LogP contribution is 2.35. The van der Waals surface area contributed by atoms with Crippen LogP contribution in [0.3, 0.4) is 0 Å². The van der Waals surface area contributed by atoms with Crippen LogP contribution in [-0.2, 0) is 33.5 Å². The number of cyclic esters (lactones) is 2. The predicted molar refractivity (Wildman–Crippen MR) is 209 cm³/mol. The molecule has 18 nitrogen and oxygen atoms in total. The first-order chi connectivity index (χ1) is 27.1. The summed E-state index contributed by atoms with van der Waals surface area (Å²) in [5.41, 5.74) is 2.08. The number of carbonyl (C=O) groups excluding carboxylic acids is 5. The Labute approximate surface area is 339 Å². The molecule has 4 aliphatic rings. The summed E-state index contributed by atoms with van der Waals surface area (Å²) >= 11 is 0. The number of nitrogens with zero attached hydrogens (tertiary/aromatic N) is 4. The number of aliphatic hydroxyl groups excluding tert-OH is 2. The second-order valence-corrected chi connectivity index (χ2v) is 13.6. The Morgan fingerprint density at radius 2 is 1.40 bits per heavy atom. The lowest BCUT2D eigenvalue weighted by atomic mass is 9.81. The van der Waals surface area contributed by atoms with Crippen LogP contribution >= 0.6 is 12.4 Å². The van der Waals surface area contributed by atoms with Crippen molar-refractivity contribution in [2.45, 2.75) is 69.9 Å². The number of Topliss-reactive ketones (excluding diaryl/α,β-unsaturated/α-hetero) is 1. The largest absolute Gasteiger partial charge is 0.442 e. The summed E-state index contributed by atoms with van der Waals surface area (Å²) in [6, 6.07) is 8.95. The summed E-state index contributed by atoms with van der Waals surface area (Å²) in [4.78, 5) is 70.1. The van der Waals surface area contributed by atoms with E-state index in [0.717, 1.165) is 0 Å². The average Bonchev–Trinajstić information content (AvgIpc) is 3.73. The lowest BCUT2D eigenvalue weighted by Crippen LogP contribution is -2.44. The lowest BCUT2D eigenvalue weighted by molar-refractivity contribution is -0.127. The van der Waals surface area contributed by atoms with Crippen molar-refractivity contribution in [1.82, 2.24) is 10.6 Å². The number of benzene rings is 2. The molecule has 1 unspecified atom stereocenters. The molecule has 0 spiro atoms. The SMILES string of the molecule is CC(=O)NC[C@H]1CN(c2ccc(N3CCC(=O)[C@@H](O)C3)c(F)c2)C(=O)O1.CO/N=C1/CCC(c2ccc(N3C[C@H](CNC(C)=O)OC3=O)cc2F)C[C@@H]1O.CON.Cl. The number of ketones is 1. The van der Waals surface area contributed by atoms with E-state index in [-0.39, 0.29) is 80.8 Å². The maximum Gasteiger partial charge on any atom is 0.414 e. The van der Waals surface area contributed by atoms with Gasteiger partial charge in [0.2, 0.25) is 11.8 Å².